The van der Waals surface area contributed by atoms with Gasteiger partial charge in [0.2, 0.25) is 5.91 Å². The van der Waals surface area contributed by atoms with Crippen molar-refractivity contribution in [2.75, 3.05) is 18.6 Å². The Morgan fingerprint density at radius 1 is 1.56 bits per heavy atom. The van der Waals surface area contributed by atoms with Crippen molar-refractivity contribution >= 4 is 29.2 Å². The quantitative estimate of drug-likeness (QED) is 0.610. The summed E-state index contributed by atoms with van der Waals surface area (Å²) in [6.07, 6.45) is 0.170. The Morgan fingerprint density at radius 2 is 2.28 bits per heavy atom. The summed E-state index contributed by atoms with van der Waals surface area (Å²) in [6, 6.07) is 4.25. The number of esters is 1. The molecule has 96 valence electrons. The highest BCUT2D eigenvalue weighted by Crippen LogP contribution is 2.28. The fraction of sp³-hybridized carbons (Fsp3) is 0.333. The summed E-state index contributed by atoms with van der Waals surface area (Å²) in [5.74, 6) is -1.79. The van der Waals surface area contributed by atoms with Crippen molar-refractivity contribution < 1.29 is 18.7 Å². The highest BCUT2D eigenvalue weighted by molar-refractivity contribution is 6.24. The van der Waals surface area contributed by atoms with E-state index in [1.807, 2.05) is 0 Å². The molecule has 0 radical (unpaired) electrons. The number of rotatable bonds is 2. The summed E-state index contributed by atoms with van der Waals surface area (Å²) in [6.45, 7) is 0.238. The van der Waals surface area contributed by atoms with Crippen molar-refractivity contribution in [1.82, 2.24) is 0 Å². The molecule has 1 atom stereocenters. The number of amides is 1. The minimum atomic E-state index is -0.775. The number of carbonyl (C=O) groups excluding carboxylic acids is 2. The van der Waals surface area contributed by atoms with E-state index >= 15 is 0 Å². The Labute approximate surface area is 108 Å². The molecule has 0 saturated carbocycles. The second kappa shape index (κ2) is 4.94. The summed E-state index contributed by atoms with van der Waals surface area (Å²) in [5.41, 5.74) is -0.133. The first-order valence-electron chi connectivity index (χ1n) is 5.36. The average molecular weight is 272 g/mol. The fourth-order valence-corrected chi connectivity index (χ4v) is 2.16. The van der Waals surface area contributed by atoms with Crippen molar-refractivity contribution in [2.24, 2.45) is 0 Å². The Morgan fingerprint density at radius 3 is 2.83 bits per heavy atom. The first-order valence-corrected chi connectivity index (χ1v) is 5.79. The van der Waals surface area contributed by atoms with Gasteiger partial charge in [0.15, 0.2) is 5.82 Å². The molecule has 2 rings (SSSR count). The van der Waals surface area contributed by atoms with Crippen molar-refractivity contribution in [2.45, 2.75) is 11.8 Å². The number of nitrogens with zero attached hydrogens (tertiary/aromatic N) is 1. The highest BCUT2D eigenvalue weighted by atomic mass is 35.5. The molecule has 0 aromatic heterocycles. The molecule has 1 aromatic carbocycles. The molecular weight excluding hydrogens is 261 g/mol. The van der Waals surface area contributed by atoms with Crippen molar-refractivity contribution in [3.63, 3.8) is 0 Å². The van der Waals surface area contributed by atoms with Gasteiger partial charge < -0.3 is 9.64 Å². The maximum atomic E-state index is 14.1. The van der Waals surface area contributed by atoms with Crippen LogP contribution < -0.4 is 4.90 Å². The van der Waals surface area contributed by atoms with E-state index in [-0.39, 0.29) is 35.5 Å². The lowest BCUT2D eigenvalue weighted by Crippen LogP contribution is -2.26. The first kappa shape index (κ1) is 12.8. The smallest absolute Gasteiger partial charge is 0.340 e. The number of anilines is 1. The predicted octanol–water partition coefficient (Wildman–Crippen LogP) is 1.96. The monoisotopic (exact) mass is 271 g/mol. The third kappa shape index (κ3) is 2.18. The summed E-state index contributed by atoms with van der Waals surface area (Å²) in [5, 5.41) is -0.335. The molecule has 1 aromatic rings. The SMILES string of the molecule is COC(=O)c1cccc(N2CC(Cl)CC2=O)c1F. The van der Waals surface area contributed by atoms with Crippen LogP contribution in [0.5, 0.6) is 0 Å². The Balaban J connectivity index is 2.40. The van der Waals surface area contributed by atoms with Gasteiger partial charge in [0.1, 0.15) is 0 Å². The topological polar surface area (TPSA) is 46.6 Å². The van der Waals surface area contributed by atoms with Crippen LogP contribution in [0.1, 0.15) is 16.8 Å². The van der Waals surface area contributed by atoms with Gasteiger partial charge in [-0.3, -0.25) is 4.79 Å². The zero-order chi connectivity index (χ0) is 13.3. The molecule has 0 spiro atoms. The van der Waals surface area contributed by atoms with Gasteiger partial charge in [-0.1, -0.05) is 6.07 Å². The Bertz CT molecular complexity index is 506. The molecule has 0 bridgehead atoms. The lowest BCUT2D eigenvalue weighted by atomic mass is 10.1. The summed E-state index contributed by atoms with van der Waals surface area (Å²) in [4.78, 5) is 24.3. The number of methoxy groups -OCH3 is 1. The van der Waals surface area contributed by atoms with E-state index in [4.69, 9.17) is 11.6 Å². The van der Waals surface area contributed by atoms with Crippen LogP contribution in [0.15, 0.2) is 18.2 Å². The highest BCUT2D eigenvalue weighted by Gasteiger charge is 2.31. The zero-order valence-corrected chi connectivity index (χ0v) is 10.4. The van der Waals surface area contributed by atoms with E-state index in [1.165, 1.54) is 30.2 Å². The van der Waals surface area contributed by atoms with Crippen LogP contribution in [0.2, 0.25) is 0 Å². The van der Waals surface area contributed by atoms with Crippen LogP contribution >= 0.6 is 11.6 Å². The normalized spacial score (nSPS) is 19.2. The summed E-state index contributed by atoms with van der Waals surface area (Å²) < 4.78 is 18.6. The van der Waals surface area contributed by atoms with Gasteiger partial charge in [-0.25, -0.2) is 9.18 Å². The molecule has 1 unspecified atom stereocenters. The third-order valence-corrected chi connectivity index (χ3v) is 3.04. The van der Waals surface area contributed by atoms with E-state index in [2.05, 4.69) is 4.74 Å². The standard InChI is InChI=1S/C12H11ClFNO3/c1-18-12(17)8-3-2-4-9(11(8)14)15-6-7(13)5-10(15)16/h2-4,7H,5-6H2,1H3. The molecule has 6 heteroatoms. The summed E-state index contributed by atoms with van der Waals surface area (Å²) in [7, 11) is 1.17. The van der Waals surface area contributed by atoms with E-state index in [0.717, 1.165) is 0 Å². The van der Waals surface area contributed by atoms with Gasteiger partial charge in [0.05, 0.1) is 23.7 Å². The van der Waals surface area contributed by atoms with E-state index in [0.29, 0.717) is 0 Å². The van der Waals surface area contributed by atoms with Crippen LogP contribution in [-0.4, -0.2) is 30.9 Å². The molecule has 0 N–H and O–H groups in total. The third-order valence-electron chi connectivity index (χ3n) is 2.75. The van der Waals surface area contributed by atoms with Crippen LogP contribution in [0, 0.1) is 5.82 Å². The number of hydrogen-bond donors (Lipinski definition) is 0. The second-order valence-electron chi connectivity index (χ2n) is 3.94. The van der Waals surface area contributed by atoms with Crippen molar-refractivity contribution in [3.8, 4) is 0 Å². The summed E-state index contributed by atoms with van der Waals surface area (Å²) >= 11 is 5.86. The van der Waals surface area contributed by atoms with Crippen LogP contribution in [0.3, 0.4) is 0 Å². The zero-order valence-electron chi connectivity index (χ0n) is 9.65. The minimum Gasteiger partial charge on any atom is -0.465 e. The molecule has 1 heterocycles. The molecule has 4 nitrogen and oxygen atoms in total. The molecule has 1 amide bonds. The van der Waals surface area contributed by atoms with Gasteiger partial charge in [-0.2, -0.15) is 0 Å². The Kier molecular flexibility index (Phi) is 3.52. The molecule has 18 heavy (non-hydrogen) atoms. The fourth-order valence-electron chi connectivity index (χ4n) is 1.89. The number of halogens is 2. The van der Waals surface area contributed by atoms with Gasteiger partial charge in [-0.05, 0) is 12.1 Å². The number of ether oxygens (including phenoxy) is 1. The number of benzene rings is 1. The lowest BCUT2D eigenvalue weighted by molar-refractivity contribution is -0.117. The molecule has 1 aliphatic rings. The van der Waals surface area contributed by atoms with E-state index < -0.39 is 11.8 Å². The largest absolute Gasteiger partial charge is 0.465 e. The molecular formula is C12H11ClFNO3. The van der Waals surface area contributed by atoms with Crippen LogP contribution in [0.25, 0.3) is 0 Å². The average Bonchev–Trinajstić information content (AvgIpc) is 2.68. The number of carbonyl (C=O) groups is 2. The molecule has 1 fully saturated rings. The molecule has 1 aliphatic heterocycles. The maximum Gasteiger partial charge on any atom is 0.340 e. The van der Waals surface area contributed by atoms with Gasteiger partial charge >= 0.3 is 5.97 Å². The lowest BCUT2D eigenvalue weighted by Gasteiger charge is -2.17. The van der Waals surface area contributed by atoms with Gasteiger partial charge in [0.25, 0.3) is 0 Å². The van der Waals surface area contributed by atoms with Crippen LogP contribution in [0.4, 0.5) is 10.1 Å². The minimum absolute atomic E-state index is 0.0612. The Hall–Kier alpha value is -1.62. The molecule has 1 saturated heterocycles. The van der Waals surface area contributed by atoms with E-state index in [9.17, 15) is 14.0 Å². The predicted molar refractivity (Wildman–Crippen MR) is 64.4 cm³/mol. The molecule has 0 aliphatic carbocycles. The van der Waals surface area contributed by atoms with Crippen molar-refractivity contribution in [1.29, 1.82) is 0 Å². The second-order valence-corrected chi connectivity index (χ2v) is 4.55. The van der Waals surface area contributed by atoms with Gasteiger partial charge in [0, 0.05) is 13.0 Å². The van der Waals surface area contributed by atoms with Gasteiger partial charge in [-0.15, -0.1) is 11.6 Å². The number of alkyl halides is 1. The van der Waals surface area contributed by atoms with Crippen LogP contribution in [-0.2, 0) is 9.53 Å². The first-order chi connectivity index (χ1) is 8.54. The van der Waals surface area contributed by atoms with Crippen molar-refractivity contribution in [3.05, 3.63) is 29.6 Å². The van der Waals surface area contributed by atoms with E-state index in [1.54, 1.807) is 0 Å². The maximum absolute atomic E-state index is 14.1. The number of hydrogen-bond acceptors (Lipinski definition) is 3.